The molecule has 0 radical (unpaired) electrons. The molecule has 0 amide bonds. The van der Waals surface area contributed by atoms with E-state index in [0.29, 0.717) is 31.9 Å². The van der Waals surface area contributed by atoms with E-state index in [2.05, 4.69) is 21.2 Å². The van der Waals surface area contributed by atoms with Gasteiger partial charge in [0.2, 0.25) is 10.0 Å². The number of halogens is 1. The number of piperazine rings is 1. The predicted octanol–water partition coefficient (Wildman–Crippen LogP) is 1.05. The van der Waals surface area contributed by atoms with E-state index < -0.39 is 10.0 Å². The Morgan fingerprint density at radius 2 is 2.00 bits per heavy atom. The molecule has 1 aliphatic rings. The third-order valence-corrected chi connectivity index (χ3v) is 5.39. The lowest BCUT2D eigenvalue weighted by Gasteiger charge is -2.26. The highest BCUT2D eigenvalue weighted by Crippen LogP contribution is 2.28. The van der Waals surface area contributed by atoms with Crippen molar-refractivity contribution in [3.05, 3.63) is 22.7 Å². The van der Waals surface area contributed by atoms with Gasteiger partial charge in [-0.15, -0.1) is 0 Å². The second kappa shape index (κ2) is 5.56. The minimum atomic E-state index is -3.42. The maximum absolute atomic E-state index is 12.4. The minimum absolute atomic E-state index is 0.268. The molecule has 0 aromatic heterocycles. The maximum Gasteiger partial charge on any atom is 0.243 e. The van der Waals surface area contributed by atoms with Crippen LogP contribution in [0.25, 0.3) is 0 Å². The van der Waals surface area contributed by atoms with Crippen molar-refractivity contribution in [1.29, 1.82) is 0 Å². The van der Waals surface area contributed by atoms with Gasteiger partial charge in [-0.2, -0.15) is 4.31 Å². The highest BCUT2D eigenvalue weighted by Gasteiger charge is 2.26. The van der Waals surface area contributed by atoms with Crippen molar-refractivity contribution in [3.63, 3.8) is 0 Å². The number of nitrogens with zero attached hydrogens (tertiary/aromatic N) is 1. The Kier molecular flexibility index (Phi) is 4.26. The standard InChI is InChI=1S/C11H15BrN2O3S/c1-17-11-8-9(2-3-10(11)12)18(15,16)14-6-4-13-5-7-14/h2-3,8,13H,4-7H2,1H3. The van der Waals surface area contributed by atoms with Gasteiger partial charge in [0.25, 0.3) is 0 Å². The van der Waals surface area contributed by atoms with Gasteiger partial charge < -0.3 is 10.1 Å². The number of methoxy groups -OCH3 is 1. The number of benzene rings is 1. The Morgan fingerprint density at radius 1 is 1.33 bits per heavy atom. The number of ether oxygens (including phenoxy) is 1. The first-order valence-corrected chi connectivity index (χ1v) is 7.83. The average molecular weight is 335 g/mol. The Morgan fingerprint density at radius 3 is 2.61 bits per heavy atom. The van der Waals surface area contributed by atoms with E-state index in [-0.39, 0.29) is 4.90 Å². The monoisotopic (exact) mass is 334 g/mol. The zero-order valence-corrected chi connectivity index (χ0v) is 12.4. The van der Waals surface area contributed by atoms with Crippen LogP contribution in [0.15, 0.2) is 27.6 Å². The molecule has 7 heteroatoms. The maximum atomic E-state index is 12.4. The fraction of sp³-hybridized carbons (Fsp3) is 0.455. The lowest BCUT2D eigenvalue weighted by atomic mass is 10.3. The van der Waals surface area contributed by atoms with Gasteiger partial charge in [-0.05, 0) is 28.1 Å². The molecule has 0 aliphatic carbocycles. The Bertz CT molecular complexity index is 527. The molecule has 1 aromatic carbocycles. The molecule has 1 N–H and O–H groups in total. The van der Waals surface area contributed by atoms with Crippen molar-refractivity contribution < 1.29 is 13.2 Å². The smallest absolute Gasteiger partial charge is 0.243 e. The summed E-state index contributed by atoms with van der Waals surface area (Å²) in [7, 11) is -1.90. The molecule has 1 heterocycles. The van der Waals surface area contributed by atoms with Crippen LogP contribution in [-0.4, -0.2) is 46.0 Å². The van der Waals surface area contributed by atoms with Gasteiger partial charge in [0.05, 0.1) is 16.5 Å². The summed E-state index contributed by atoms with van der Waals surface area (Å²) < 4.78 is 32.1. The Labute approximate surface area is 115 Å². The second-order valence-electron chi connectivity index (χ2n) is 3.95. The number of rotatable bonds is 3. The van der Waals surface area contributed by atoms with Crippen LogP contribution in [0.3, 0.4) is 0 Å². The van der Waals surface area contributed by atoms with E-state index in [1.165, 1.54) is 11.4 Å². The normalized spacial score (nSPS) is 17.7. The molecule has 1 aliphatic heterocycles. The zero-order valence-electron chi connectivity index (χ0n) is 10.0. The summed E-state index contributed by atoms with van der Waals surface area (Å²) in [4.78, 5) is 0.268. The fourth-order valence-corrected chi connectivity index (χ4v) is 3.70. The molecule has 5 nitrogen and oxygen atoms in total. The van der Waals surface area contributed by atoms with Crippen molar-refractivity contribution in [2.75, 3.05) is 33.3 Å². The number of hydrogen-bond acceptors (Lipinski definition) is 4. The summed E-state index contributed by atoms with van der Waals surface area (Å²) in [5, 5.41) is 3.13. The molecule has 100 valence electrons. The van der Waals surface area contributed by atoms with Crippen LogP contribution in [0.4, 0.5) is 0 Å². The summed E-state index contributed by atoms with van der Waals surface area (Å²) in [6.45, 7) is 2.38. The molecule has 0 spiro atoms. The minimum Gasteiger partial charge on any atom is -0.496 e. The van der Waals surface area contributed by atoms with Crippen LogP contribution >= 0.6 is 15.9 Å². The van der Waals surface area contributed by atoms with Crippen molar-refractivity contribution in [1.82, 2.24) is 9.62 Å². The average Bonchev–Trinajstić information content (AvgIpc) is 2.40. The Hall–Kier alpha value is -0.630. The summed E-state index contributed by atoms with van der Waals surface area (Å²) >= 11 is 3.31. The third-order valence-electron chi connectivity index (χ3n) is 2.84. The molecule has 1 saturated heterocycles. The third kappa shape index (κ3) is 2.69. The molecular formula is C11H15BrN2O3S. The van der Waals surface area contributed by atoms with Crippen LogP contribution in [0.5, 0.6) is 5.75 Å². The van der Waals surface area contributed by atoms with Crippen LogP contribution in [0.1, 0.15) is 0 Å². The van der Waals surface area contributed by atoms with Gasteiger partial charge in [0, 0.05) is 32.2 Å². The molecule has 2 rings (SSSR count). The quantitative estimate of drug-likeness (QED) is 0.897. The molecule has 0 atom stereocenters. The first kappa shape index (κ1) is 13.8. The summed E-state index contributed by atoms with van der Waals surface area (Å²) in [5.41, 5.74) is 0. The van der Waals surface area contributed by atoms with E-state index in [4.69, 9.17) is 4.74 Å². The van der Waals surface area contributed by atoms with E-state index in [0.717, 1.165) is 4.47 Å². The first-order valence-electron chi connectivity index (χ1n) is 5.60. The van der Waals surface area contributed by atoms with Gasteiger partial charge in [-0.25, -0.2) is 8.42 Å². The molecule has 0 bridgehead atoms. The molecule has 0 saturated carbocycles. The van der Waals surface area contributed by atoms with Gasteiger partial charge in [0.15, 0.2) is 0 Å². The van der Waals surface area contributed by atoms with Crippen molar-refractivity contribution in [2.24, 2.45) is 0 Å². The lowest BCUT2D eigenvalue weighted by molar-refractivity contribution is 0.359. The SMILES string of the molecule is COc1cc(S(=O)(=O)N2CCNCC2)ccc1Br. The highest BCUT2D eigenvalue weighted by atomic mass is 79.9. The topological polar surface area (TPSA) is 58.6 Å². The van der Waals surface area contributed by atoms with Gasteiger partial charge in [-0.3, -0.25) is 0 Å². The van der Waals surface area contributed by atoms with Crippen LogP contribution in [0, 0.1) is 0 Å². The first-order chi connectivity index (χ1) is 8.55. The number of sulfonamides is 1. The van der Waals surface area contributed by atoms with Gasteiger partial charge in [-0.1, -0.05) is 0 Å². The molecule has 18 heavy (non-hydrogen) atoms. The van der Waals surface area contributed by atoms with Crippen LogP contribution in [0.2, 0.25) is 0 Å². The fourth-order valence-electron chi connectivity index (χ4n) is 1.83. The molecule has 1 aromatic rings. The largest absolute Gasteiger partial charge is 0.496 e. The Balaban J connectivity index is 2.34. The molecular weight excluding hydrogens is 320 g/mol. The van der Waals surface area contributed by atoms with Crippen molar-refractivity contribution >= 4 is 26.0 Å². The van der Waals surface area contributed by atoms with Gasteiger partial charge >= 0.3 is 0 Å². The van der Waals surface area contributed by atoms with Crippen molar-refractivity contribution in [3.8, 4) is 5.75 Å². The second-order valence-corrected chi connectivity index (χ2v) is 6.74. The number of nitrogens with one attached hydrogen (secondary N) is 1. The summed E-state index contributed by atoms with van der Waals surface area (Å²) in [6, 6.07) is 4.82. The van der Waals surface area contributed by atoms with Crippen LogP contribution in [-0.2, 0) is 10.0 Å². The van der Waals surface area contributed by atoms with E-state index in [1.54, 1.807) is 18.2 Å². The molecule has 0 unspecified atom stereocenters. The van der Waals surface area contributed by atoms with Gasteiger partial charge in [0.1, 0.15) is 5.75 Å². The van der Waals surface area contributed by atoms with E-state index >= 15 is 0 Å². The lowest BCUT2D eigenvalue weighted by Crippen LogP contribution is -2.46. The number of hydrogen-bond donors (Lipinski definition) is 1. The summed E-state index contributed by atoms with van der Waals surface area (Å²) in [5.74, 6) is 0.520. The molecule has 1 fully saturated rings. The summed E-state index contributed by atoms with van der Waals surface area (Å²) in [6.07, 6.45) is 0. The highest BCUT2D eigenvalue weighted by molar-refractivity contribution is 9.10. The van der Waals surface area contributed by atoms with E-state index in [9.17, 15) is 8.42 Å². The predicted molar refractivity (Wildman–Crippen MR) is 72.3 cm³/mol. The van der Waals surface area contributed by atoms with Crippen molar-refractivity contribution in [2.45, 2.75) is 4.90 Å². The van der Waals surface area contributed by atoms with E-state index in [1.807, 2.05) is 0 Å². The zero-order chi connectivity index (χ0) is 13.2. The van der Waals surface area contributed by atoms with Crippen LogP contribution < -0.4 is 10.1 Å².